The van der Waals surface area contributed by atoms with Crippen LogP contribution in [-0.4, -0.2) is 17.6 Å². The van der Waals surface area contributed by atoms with E-state index in [1.807, 2.05) is 17.6 Å². The summed E-state index contributed by atoms with van der Waals surface area (Å²) in [6.07, 6.45) is 4.57. The van der Waals surface area contributed by atoms with Gasteiger partial charge in [0.15, 0.2) is 0 Å². The SMILES string of the molecule is Fc1ccc(CC(CNC2CC2)Cc2cscn2)cc1. The molecule has 1 aromatic carbocycles. The number of nitrogens with zero attached hydrogens (tertiary/aromatic N) is 1. The van der Waals surface area contributed by atoms with Gasteiger partial charge in [-0.3, -0.25) is 0 Å². The minimum absolute atomic E-state index is 0.166. The van der Waals surface area contributed by atoms with Gasteiger partial charge in [0.1, 0.15) is 5.82 Å². The van der Waals surface area contributed by atoms with Crippen LogP contribution in [0.25, 0.3) is 0 Å². The number of thiazole rings is 1. The van der Waals surface area contributed by atoms with E-state index in [1.54, 1.807) is 23.5 Å². The Kier molecular flexibility index (Phi) is 4.43. The first-order chi connectivity index (χ1) is 9.79. The topological polar surface area (TPSA) is 24.9 Å². The summed E-state index contributed by atoms with van der Waals surface area (Å²) in [5.41, 5.74) is 4.25. The number of hydrogen-bond acceptors (Lipinski definition) is 3. The van der Waals surface area contributed by atoms with Crippen molar-refractivity contribution in [2.45, 2.75) is 31.7 Å². The molecule has 0 bridgehead atoms. The highest BCUT2D eigenvalue weighted by Gasteiger charge is 2.22. The molecule has 4 heteroatoms. The maximum atomic E-state index is 13.0. The smallest absolute Gasteiger partial charge is 0.123 e. The summed E-state index contributed by atoms with van der Waals surface area (Å²) >= 11 is 1.65. The number of halogens is 1. The number of aromatic nitrogens is 1. The molecule has 1 unspecified atom stereocenters. The minimum atomic E-state index is -0.166. The molecule has 1 N–H and O–H groups in total. The molecule has 20 heavy (non-hydrogen) atoms. The Hall–Kier alpha value is -1.26. The molecule has 1 aliphatic rings. The van der Waals surface area contributed by atoms with Gasteiger partial charge >= 0.3 is 0 Å². The van der Waals surface area contributed by atoms with Crippen LogP contribution in [0.5, 0.6) is 0 Å². The van der Waals surface area contributed by atoms with Crippen LogP contribution < -0.4 is 5.32 Å². The summed E-state index contributed by atoms with van der Waals surface area (Å²) in [6, 6.07) is 7.59. The first-order valence-corrected chi connectivity index (χ1v) is 8.09. The highest BCUT2D eigenvalue weighted by molar-refractivity contribution is 7.07. The largest absolute Gasteiger partial charge is 0.314 e. The van der Waals surface area contributed by atoms with Gasteiger partial charge in [-0.2, -0.15) is 0 Å². The van der Waals surface area contributed by atoms with Crippen LogP contribution in [0.3, 0.4) is 0 Å². The molecule has 1 saturated carbocycles. The predicted octanol–water partition coefficient (Wildman–Crippen LogP) is 3.44. The van der Waals surface area contributed by atoms with Gasteiger partial charge in [-0.25, -0.2) is 9.37 Å². The van der Waals surface area contributed by atoms with Crippen molar-refractivity contribution in [2.75, 3.05) is 6.54 Å². The van der Waals surface area contributed by atoms with Crippen molar-refractivity contribution in [1.29, 1.82) is 0 Å². The Morgan fingerprint density at radius 1 is 1.25 bits per heavy atom. The number of nitrogens with one attached hydrogen (secondary N) is 1. The summed E-state index contributed by atoms with van der Waals surface area (Å²) in [7, 11) is 0. The zero-order chi connectivity index (χ0) is 13.8. The van der Waals surface area contributed by atoms with Gasteiger partial charge in [-0.05, 0) is 55.8 Å². The molecule has 1 fully saturated rings. The molecule has 2 aromatic rings. The summed E-state index contributed by atoms with van der Waals surface area (Å²) in [5, 5.41) is 5.72. The molecule has 1 aromatic heterocycles. The lowest BCUT2D eigenvalue weighted by molar-refractivity contribution is 0.465. The zero-order valence-electron chi connectivity index (χ0n) is 11.4. The number of hydrogen-bond donors (Lipinski definition) is 1. The zero-order valence-corrected chi connectivity index (χ0v) is 12.2. The third kappa shape index (κ3) is 4.12. The molecule has 2 nitrogen and oxygen atoms in total. The van der Waals surface area contributed by atoms with Gasteiger partial charge in [-0.1, -0.05) is 12.1 Å². The molecular weight excluding hydrogens is 271 g/mol. The van der Waals surface area contributed by atoms with Gasteiger partial charge in [0.2, 0.25) is 0 Å². The van der Waals surface area contributed by atoms with E-state index in [1.165, 1.54) is 24.1 Å². The van der Waals surface area contributed by atoms with Crippen molar-refractivity contribution < 1.29 is 4.39 Å². The van der Waals surface area contributed by atoms with Crippen LogP contribution in [0, 0.1) is 11.7 Å². The fourth-order valence-electron chi connectivity index (χ4n) is 2.43. The van der Waals surface area contributed by atoms with Crippen molar-refractivity contribution in [1.82, 2.24) is 10.3 Å². The maximum absolute atomic E-state index is 13.0. The molecule has 0 saturated heterocycles. The second-order valence-corrected chi connectivity index (χ2v) is 6.28. The Morgan fingerprint density at radius 2 is 2.05 bits per heavy atom. The Bertz CT molecular complexity index is 520. The van der Waals surface area contributed by atoms with Crippen LogP contribution >= 0.6 is 11.3 Å². The maximum Gasteiger partial charge on any atom is 0.123 e. The predicted molar refractivity (Wildman–Crippen MR) is 80.4 cm³/mol. The van der Waals surface area contributed by atoms with Gasteiger partial charge < -0.3 is 5.32 Å². The molecule has 0 spiro atoms. The normalized spacial score (nSPS) is 16.2. The highest BCUT2D eigenvalue weighted by Crippen LogP contribution is 2.21. The van der Waals surface area contributed by atoms with Crippen molar-refractivity contribution in [3.05, 3.63) is 52.2 Å². The van der Waals surface area contributed by atoms with Crippen LogP contribution in [0.1, 0.15) is 24.1 Å². The molecule has 0 radical (unpaired) electrons. The average molecular weight is 290 g/mol. The molecule has 1 aliphatic carbocycles. The standard InChI is InChI=1S/C16H19FN2S/c17-14-3-1-12(2-4-14)7-13(9-18-15-5-6-15)8-16-10-20-11-19-16/h1-4,10-11,13,15,18H,5-9H2. The van der Waals surface area contributed by atoms with E-state index < -0.39 is 0 Å². The van der Waals surface area contributed by atoms with Crippen molar-refractivity contribution in [2.24, 2.45) is 5.92 Å². The van der Waals surface area contributed by atoms with Crippen molar-refractivity contribution in [3.8, 4) is 0 Å². The van der Waals surface area contributed by atoms with Crippen molar-refractivity contribution in [3.63, 3.8) is 0 Å². The minimum Gasteiger partial charge on any atom is -0.314 e. The lowest BCUT2D eigenvalue weighted by Gasteiger charge is -2.17. The van der Waals surface area contributed by atoms with E-state index in [0.717, 1.165) is 25.4 Å². The van der Waals surface area contributed by atoms with Gasteiger partial charge in [0, 0.05) is 11.4 Å². The second-order valence-electron chi connectivity index (χ2n) is 5.56. The molecule has 3 rings (SSSR count). The highest BCUT2D eigenvalue weighted by atomic mass is 32.1. The fraction of sp³-hybridized carbons (Fsp3) is 0.438. The molecule has 106 valence electrons. The lowest BCUT2D eigenvalue weighted by Crippen LogP contribution is -2.27. The van der Waals surface area contributed by atoms with Crippen LogP contribution in [0.15, 0.2) is 35.2 Å². The Labute approximate surface area is 123 Å². The summed E-state index contributed by atoms with van der Waals surface area (Å²) in [5.74, 6) is 0.351. The lowest BCUT2D eigenvalue weighted by atomic mass is 9.95. The van der Waals surface area contributed by atoms with E-state index >= 15 is 0 Å². The molecule has 0 amide bonds. The molecule has 1 atom stereocenters. The quantitative estimate of drug-likeness (QED) is 0.845. The van der Waals surface area contributed by atoms with Crippen LogP contribution in [0.4, 0.5) is 4.39 Å². The second kappa shape index (κ2) is 6.46. The number of benzene rings is 1. The Morgan fingerprint density at radius 3 is 2.70 bits per heavy atom. The molecular formula is C16H19FN2S. The monoisotopic (exact) mass is 290 g/mol. The first-order valence-electron chi connectivity index (χ1n) is 7.14. The van der Waals surface area contributed by atoms with Crippen LogP contribution in [-0.2, 0) is 12.8 Å². The van der Waals surface area contributed by atoms with E-state index in [2.05, 4.69) is 15.7 Å². The van der Waals surface area contributed by atoms with Gasteiger partial charge in [-0.15, -0.1) is 11.3 Å². The van der Waals surface area contributed by atoms with Crippen LogP contribution in [0.2, 0.25) is 0 Å². The van der Waals surface area contributed by atoms with E-state index in [0.29, 0.717) is 5.92 Å². The third-order valence-electron chi connectivity index (χ3n) is 3.69. The molecule has 0 aliphatic heterocycles. The number of rotatable bonds is 7. The average Bonchev–Trinajstić information content (AvgIpc) is 3.15. The van der Waals surface area contributed by atoms with E-state index in [4.69, 9.17) is 0 Å². The summed E-state index contributed by atoms with van der Waals surface area (Å²) in [6.45, 7) is 1.01. The fourth-order valence-corrected chi connectivity index (χ4v) is 3.00. The van der Waals surface area contributed by atoms with E-state index in [-0.39, 0.29) is 5.82 Å². The third-order valence-corrected chi connectivity index (χ3v) is 4.33. The first kappa shape index (κ1) is 13.7. The summed E-state index contributed by atoms with van der Waals surface area (Å²) in [4.78, 5) is 4.39. The Balaban J connectivity index is 1.61. The van der Waals surface area contributed by atoms with Gasteiger partial charge in [0.25, 0.3) is 0 Å². The van der Waals surface area contributed by atoms with Gasteiger partial charge in [0.05, 0.1) is 11.2 Å². The summed E-state index contributed by atoms with van der Waals surface area (Å²) < 4.78 is 13.0. The van der Waals surface area contributed by atoms with Crippen molar-refractivity contribution >= 4 is 11.3 Å². The van der Waals surface area contributed by atoms with E-state index in [9.17, 15) is 4.39 Å². The molecule has 1 heterocycles.